The number of hydrogen-bond donors (Lipinski definition) is 1. The molecule has 0 saturated carbocycles. The van der Waals surface area contributed by atoms with Crippen LogP contribution in [0.1, 0.15) is 5.69 Å². The van der Waals surface area contributed by atoms with Crippen LogP contribution in [0.3, 0.4) is 0 Å². The Morgan fingerprint density at radius 1 is 1.47 bits per heavy atom. The summed E-state index contributed by atoms with van der Waals surface area (Å²) in [5.74, 6) is -0.407. The van der Waals surface area contributed by atoms with Gasteiger partial charge >= 0.3 is 0 Å². The second kappa shape index (κ2) is 4.18. The molecule has 0 spiro atoms. The minimum Gasteiger partial charge on any atom is -0.462 e. The normalized spacial score (nSPS) is 10.2. The van der Waals surface area contributed by atoms with E-state index in [4.69, 9.17) is 10.5 Å². The van der Waals surface area contributed by atoms with Crippen molar-refractivity contribution in [3.63, 3.8) is 0 Å². The van der Waals surface area contributed by atoms with Gasteiger partial charge in [0.2, 0.25) is 5.13 Å². The average molecular weight is 226 g/mol. The summed E-state index contributed by atoms with van der Waals surface area (Å²) in [5.41, 5.74) is 5.58. The van der Waals surface area contributed by atoms with Crippen molar-refractivity contribution in [2.24, 2.45) is 0 Å². The Kier molecular flexibility index (Phi) is 2.72. The van der Waals surface area contributed by atoms with Crippen molar-refractivity contribution in [3.8, 4) is 5.19 Å². The molecule has 2 aromatic rings. The number of nitrogens with two attached hydrogens (primary N) is 1. The molecule has 78 valence electrons. The number of hydrogen-bond acceptors (Lipinski definition) is 6. The lowest BCUT2D eigenvalue weighted by Crippen LogP contribution is -2.00. The predicted molar refractivity (Wildman–Crippen MR) is 52.8 cm³/mol. The van der Waals surface area contributed by atoms with E-state index in [-0.39, 0.29) is 12.3 Å². The first-order valence-electron chi connectivity index (χ1n) is 4.07. The predicted octanol–water partition coefficient (Wildman–Crippen LogP) is 1.23. The van der Waals surface area contributed by atoms with Crippen LogP contribution in [-0.2, 0) is 6.61 Å². The van der Waals surface area contributed by atoms with Crippen LogP contribution < -0.4 is 10.5 Å². The number of halogens is 1. The SMILES string of the molecule is Nc1nnc(OCc2ncccc2F)s1. The van der Waals surface area contributed by atoms with Gasteiger partial charge < -0.3 is 10.5 Å². The Balaban J connectivity index is 2.02. The lowest BCUT2D eigenvalue weighted by molar-refractivity contribution is 0.290. The van der Waals surface area contributed by atoms with Gasteiger partial charge in [0.15, 0.2) is 0 Å². The van der Waals surface area contributed by atoms with Gasteiger partial charge in [-0.3, -0.25) is 4.98 Å². The second-order valence-electron chi connectivity index (χ2n) is 2.63. The third-order valence-corrected chi connectivity index (χ3v) is 2.25. The number of pyridine rings is 1. The van der Waals surface area contributed by atoms with Crippen LogP contribution in [0.4, 0.5) is 9.52 Å². The average Bonchev–Trinajstić information content (AvgIpc) is 2.63. The van der Waals surface area contributed by atoms with Gasteiger partial charge in [-0.2, -0.15) is 0 Å². The van der Waals surface area contributed by atoms with Crippen LogP contribution in [-0.4, -0.2) is 15.2 Å². The topological polar surface area (TPSA) is 73.9 Å². The van der Waals surface area contributed by atoms with Crippen molar-refractivity contribution >= 4 is 16.5 Å². The minimum atomic E-state index is -0.407. The molecule has 15 heavy (non-hydrogen) atoms. The summed E-state index contributed by atoms with van der Waals surface area (Å²) in [6.45, 7) is 0.0152. The summed E-state index contributed by atoms with van der Waals surface area (Å²) in [6, 6.07) is 2.84. The molecule has 0 saturated heterocycles. The Bertz CT molecular complexity index is 461. The third kappa shape index (κ3) is 2.38. The molecule has 0 radical (unpaired) electrons. The molecule has 2 heterocycles. The first kappa shape index (κ1) is 9.78. The van der Waals surface area contributed by atoms with Gasteiger partial charge in [0.1, 0.15) is 18.1 Å². The summed E-state index contributed by atoms with van der Waals surface area (Å²) in [6.07, 6.45) is 1.50. The van der Waals surface area contributed by atoms with Crippen molar-refractivity contribution in [1.29, 1.82) is 0 Å². The standard InChI is InChI=1S/C8H7FN4OS/c9-5-2-1-3-11-6(5)4-14-8-13-12-7(10)15-8/h1-3H,4H2,(H2,10,12). The maximum Gasteiger partial charge on any atom is 0.296 e. The van der Waals surface area contributed by atoms with Crippen molar-refractivity contribution < 1.29 is 9.13 Å². The molecule has 2 aromatic heterocycles. The zero-order valence-electron chi connectivity index (χ0n) is 7.55. The lowest BCUT2D eigenvalue weighted by atomic mass is 10.3. The molecule has 0 aliphatic carbocycles. The van der Waals surface area contributed by atoms with Crippen molar-refractivity contribution in [2.45, 2.75) is 6.61 Å². The maximum absolute atomic E-state index is 13.1. The Hall–Kier alpha value is -1.76. The van der Waals surface area contributed by atoms with Crippen LogP contribution >= 0.6 is 11.3 Å². The molecule has 5 nitrogen and oxygen atoms in total. The number of nitrogens with zero attached hydrogens (tertiary/aromatic N) is 3. The lowest BCUT2D eigenvalue weighted by Gasteiger charge is -2.01. The summed E-state index contributed by atoms with van der Waals surface area (Å²) < 4.78 is 18.3. The highest BCUT2D eigenvalue weighted by atomic mass is 32.1. The van der Waals surface area contributed by atoms with Crippen LogP contribution in [0.25, 0.3) is 0 Å². The van der Waals surface area contributed by atoms with Crippen molar-refractivity contribution in [2.75, 3.05) is 5.73 Å². The van der Waals surface area contributed by atoms with Crippen molar-refractivity contribution in [3.05, 3.63) is 29.8 Å². The first-order valence-corrected chi connectivity index (χ1v) is 4.88. The summed E-state index contributed by atoms with van der Waals surface area (Å²) >= 11 is 1.10. The van der Waals surface area contributed by atoms with Gasteiger partial charge in [0.25, 0.3) is 5.19 Å². The molecule has 0 unspecified atom stereocenters. The zero-order chi connectivity index (χ0) is 10.7. The van der Waals surface area contributed by atoms with Crippen LogP contribution in [0, 0.1) is 5.82 Å². The fraction of sp³-hybridized carbons (Fsp3) is 0.125. The number of ether oxygens (including phenoxy) is 1. The van der Waals surface area contributed by atoms with E-state index in [0.29, 0.717) is 10.3 Å². The molecule has 2 rings (SSSR count). The smallest absolute Gasteiger partial charge is 0.296 e. The summed E-state index contributed by atoms with van der Waals surface area (Å²) in [5, 5.41) is 7.80. The maximum atomic E-state index is 13.1. The molecule has 0 amide bonds. The highest BCUT2D eigenvalue weighted by Crippen LogP contribution is 2.20. The number of rotatable bonds is 3. The second-order valence-corrected chi connectivity index (χ2v) is 3.60. The highest BCUT2D eigenvalue weighted by Gasteiger charge is 2.06. The van der Waals surface area contributed by atoms with Crippen LogP contribution in [0.5, 0.6) is 5.19 Å². The number of nitrogen functional groups attached to an aromatic ring is 1. The molecule has 0 aliphatic heterocycles. The Labute approximate surface area is 88.7 Å². The minimum absolute atomic E-state index is 0.0152. The summed E-state index contributed by atoms with van der Waals surface area (Å²) in [4.78, 5) is 3.83. The largest absolute Gasteiger partial charge is 0.462 e. The molecule has 0 aromatic carbocycles. The van der Waals surface area contributed by atoms with E-state index in [1.165, 1.54) is 18.3 Å². The van der Waals surface area contributed by atoms with Gasteiger partial charge in [-0.1, -0.05) is 5.10 Å². The fourth-order valence-electron chi connectivity index (χ4n) is 0.933. The zero-order valence-corrected chi connectivity index (χ0v) is 8.37. The molecule has 0 aliphatic rings. The van der Waals surface area contributed by atoms with E-state index in [1.807, 2.05) is 0 Å². The Morgan fingerprint density at radius 2 is 2.33 bits per heavy atom. The van der Waals surface area contributed by atoms with E-state index < -0.39 is 5.82 Å². The highest BCUT2D eigenvalue weighted by molar-refractivity contribution is 7.16. The first-order chi connectivity index (χ1) is 7.25. The van der Waals surface area contributed by atoms with Crippen LogP contribution in [0.15, 0.2) is 18.3 Å². The number of aromatic nitrogens is 3. The molecule has 0 fully saturated rings. The quantitative estimate of drug-likeness (QED) is 0.852. The van der Waals surface area contributed by atoms with E-state index in [0.717, 1.165) is 11.3 Å². The van der Waals surface area contributed by atoms with E-state index in [1.54, 1.807) is 0 Å². The monoisotopic (exact) mass is 226 g/mol. The van der Waals surface area contributed by atoms with E-state index >= 15 is 0 Å². The third-order valence-electron chi connectivity index (χ3n) is 1.59. The van der Waals surface area contributed by atoms with Gasteiger partial charge in [0, 0.05) is 6.20 Å². The number of anilines is 1. The summed E-state index contributed by atoms with van der Waals surface area (Å²) in [7, 11) is 0. The molecule has 2 N–H and O–H groups in total. The molecular formula is C8H7FN4OS. The van der Waals surface area contributed by atoms with Gasteiger partial charge in [-0.25, -0.2) is 4.39 Å². The van der Waals surface area contributed by atoms with E-state index in [2.05, 4.69) is 15.2 Å². The van der Waals surface area contributed by atoms with Gasteiger partial charge in [-0.15, -0.1) is 5.10 Å². The fourth-order valence-corrected chi connectivity index (χ4v) is 1.39. The van der Waals surface area contributed by atoms with Crippen molar-refractivity contribution in [1.82, 2.24) is 15.2 Å². The van der Waals surface area contributed by atoms with Gasteiger partial charge in [0.05, 0.1) is 0 Å². The molecule has 7 heteroatoms. The van der Waals surface area contributed by atoms with Gasteiger partial charge in [-0.05, 0) is 23.5 Å². The molecule has 0 bridgehead atoms. The molecule has 0 atom stereocenters. The van der Waals surface area contributed by atoms with E-state index in [9.17, 15) is 4.39 Å². The van der Waals surface area contributed by atoms with Crippen LogP contribution in [0.2, 0.25) is 0 Å². The Morgan fingerprint density at radius 3 is 3.00 bits per heavy atom. The molecular weight excluding hydrogens is 219 g/mol.